The monoisotopic (exact) mass is 261 g/mol. The molecule has 1 aromatic carbocycles. The number of amides is 1. The van der Waals surface area contributed by atoms with Gasteiger partial charge in [-0.3, -0.25) is 4.79 Å². The zero-order valence-electron chi connectivity index (χ0n) is 10.9. The number of aliphatic hydroxyl groups is 1. The van der Waals surface area contributed by atoms with Gasteiger partial charge < -0.3 is 21.1 Å². The van der Waals surface area contributed by atoms with E-state index >= 15 is 0 Å². The van der Waals surface area contributed by atoms with E-state index in [1.165, 1.54) is 0 Å². The van der Waals surface area contributed by atoms with Crippen LogP contribution in [0.5, 0.6) is 0 Å². The topological polar surface area (TPSA) is 91.1 Å². The number of carbonyl (C=O) groups excluding carboxylic acids is 1. The second-order valence-electron chi connectivity index (χ2n) is 4.73. The summed E-state index contributed by atoms with van der Waals surface area (Å²) >= 11 is 0. The average molecular weight is 261 g/mol. The van der Waals surface area contributed by atoms with Crippen molar-refractivity contribution in [2.24, 2.45) is 0 Å². The fourth-order valence-corrected chi connectivity index (χ4v) is 2.07. The Labute approximate surface area is 111 Å². The SMILES string of the molecule is CC(CCCO)NC(=O)c1cc2cccc(N)c2[nH]1. The molecule has 1 unspecified atom stereocenters. The first-order valence-electron chi connectivity index (χ1n) is 6.40. The summed E-state index contributed by atoms with van der Waals surface area (Å²) in [6.45, 7) is 2.06. The zero-order valence-corrected chi connectivity index (χ0v) is 10.9. The van der Waals surface area contributed by atoms with Gasteiger partial charge in [0, 0.05) is 18.0 Å². The molecule has 0 radical (unpaired) electrons. The quantitative estimate of drug-likeness (QED) is 0.617. The fourth-order valence-electron chi connectivity index (χ4n) is 2.07. The van der Waals surface area contributed by atoms with Gasteiger partial charge in [-0.05, 0) is 31.9 Å². The maximum absolute atomic E-state index is 12.1. The molecule has 5 nitrogen and oxygen atoms in total. The minimum Gasteiger partial charge on any atom is -0.397 e. The van der Waals surface area contributed by atoms with E-state index in [0.717, 1.165) is 17.3 Å². The molecule has 0 aliphatic rings. The third kappa shape index (κ3) is 3.06. The van der Waals surface area contributed by atoms with Crippen LogP contribution in [0.1, 0.15) is 30.3 Å². The number of carbonyl (C=O) groups is 1. The summed E-state index contributed by atoms with van der Waals surface area (Å²) in [5.41, 5.74) is 7.77. The van der Waals surface area contributed by atoms with E-state index in [2.05, 4.69) is 10.3 Å². The van der Waals surface area contributed by atoms with Gasteiger partial charge in [0.15, 0.2) is 0 Å². The molecule has 2 aromatic rings. The van der Waals surface area contributed by atoms with Crippen LogP contribution in [0.2, 0.25) is 0 Å². The summed E-state index contributed by atoms with van der Waals surface area (Å²) in [6, 6.07) is 7.39. The lowest BCUT2D eigenvalue weighted by Crippen LogP contribution is -2.32. The smallest absolute Gasteiger partial charge is 0.267 e. The third-order valence-electron chi connectivity index (χ3n) is 3.11. The van der Waals surface area contributed by atoms with Crippen LogP contribution in [-0.2, 0) is 0 Å². The second kappa shape index (κ2) is 5.75. The molecule has 0 aliphatic heterocycles. The maximum atomic E-state index is 12.1. The second-order valence-corrected chi connectivity index (χ2v) is 4.73. The number of anilines is 1. The molecule has 2 rings (SSSR count). The summed E-state index contributed by atoms with van der Waals surface area (Å²) < 4.78 is 0. The molecule has 5 N–H and O–H groups in total. The van der Waals surface area contributed by atoms with E-state index in [0.29, 0.717) is 17.8 Å². The first-order valence-corrected chi connectivity index (χ1v) is 6.40. The molecule has 0 saturated carbocycles. The van der Waals surface area contributed by atoms with Crippen molar-refractivity contribution < 1.29 is 9.90 Å². The number of hydrogen-bond donors (Lipinski definition) is 4. The first kappa shape index (κ1) is 13.4. The number of para-hydroxylation sites is 1. The van der Waals surface area contributed by atoms with Crippen molar-refractivity contribution in [1.82, 2.24) is 10.3 Å². The molecule has 1 atom stereocenters. The Morgan fingerprint density at radius 1 is 1.53 bits per heavy atom. The minimum absolute atomic E-state index is 0.0309. The molecule has 1 heterocycles. The van der Waals surface area contributed by atoms with Crippen LogP contribution in [-0.4, -0.2) is 28.6 Å². The Morgan fingerprint density at radius 2 is 2.32 bits per heavy atom. The molecule has 102 valence electrons. The number of benzene rings is 1. The highest BCUT2D eigenvalue weighted by Crippen LogP contribution is 2.21. The van der Waals surface area contributed by atoms with Gasteiger partial charge in [-0.1, -0.05) is 12.1 Å². The van der Waals surface area contributed by atoms with Crippen LogP contribution in [0.25, 0.3) is 10.9 Å². The number of nitrogens with two attached hydrogens (primary N) is 1. The number of fused-ring (bicyclic) bond motifs is 1. The van der Waals surface area contributed by atoms with Crippen LogP contribution in [0, 0.1) is 0 Å². The maximum Gasteiger partial charge on any atom is 0.267 e. The lowest BCUT2D eigenvalue weighted by Gasteiger charge is -2.12. The molecular formula is C14H19N3O2. The lowest BCUT2D eigenvalue weighted by molar-refractivity contribution is 0.0932. The van der Waals surface area contributed by atoms with E-state index in [1.807, 2.05) is 19.1 Å². The van der Waals surface area contributed by atoms with Crippen LogP contribution < -0.4 is 11.1 Å². The molecule has 19 heavy (non-hydrogen) atoms. The Bertz CT molecular complexity index is 577. The normalized spacial score (nSPS) is 12.5. The minimum atomic E-state index is -0.152. The van der Waals surface area contributed by atoms with Crippen molar-refractivity contribution in [2.45, 2.75) is 25.8 Å². The number of nitrogen functional groups attached to an aromatic ring is 1. The van der Waals surface area contributed by atoms with Gasteiger partial charge in [-0.2, -0.15) is 0 Å². The summed E-state index contributed by atoms with van der Waals surface area (Å²) in [5, 5.41) is 12.6. The van der Waals surface area contributed by atoms with Crippen LogP contribution >= 0.6 is 0 Å². The van der Waals surface area contributed by atoms with Crippen LogP contribution in [0.15, 0.2) is 24.3 Å². The Morgan fingerprint density at radius 3 is 3.00 bits per heavy atom. The number of rotatable bonds is 5. The molecule has 1 amide bonds. The molecule has 0 saturated heterocycles. The number of aliphatic hydroxyl groups excluding tert-OH is 1. The lowest BCUT2D eigenvalue weighted by atomic mass is 10.2. The van der Waals surface area contributed by atoms with E-state index in [4.69, 9.17) is 10.8 Å². The van der Waals surface area contributed by atoms with Crippen LogP contribution in [0.4, 0.5) is 5.69 Å². The number of aromatic amines is 1. The Balaban J connectivity index is 2.11. The van der Waals surface area contributed by atoms with Gasteiger partial charge in [0.05, 0.1) is 11.2 Å². The highest BCUT2D eigenvalue weighted by molar-refractivity contribution is 6.00. The van der Waals surface area contributed by atoms with Crippen molar-refractivity contribution >= 4 is 22.5 Å². The Kier molecular flexibility index (Phi) is 4.06. The van der Waals surface area contributed by atoms with E-state index < -0.39 is 0 Å². The molecule has 0 spiro atoms. The van der Waals surface area contributed by atoms with Crippen molar-refractivity contribution in [3.05, 3.63) is 30.0 Å². The van der Waals surface area contributed by atoms with Gasteiger partial charge in [0.25, 0.3) is 5.91 Å². The molecule has 5 heteroatoms. The highest BCUT2D eigenvalue weighted by atomic mass is 16.3. The number of nitrogens with one attached hydrogen (secondary N) is 2. The van der Waals surface area contributed by atoms with E-state index in [-0.39, 0.29) is 18.6 Å². The zero-order chi connectivity index (χ0) is 13.8. The predicted molar refractivity (Wildman–Crippen MR) is 76.0 cm³/mol. The highest BCUT2D eigenvalue weighted by Gasteiger charge is 2.12. The number of aromatic nitrogens is 1. The molecular weight excluding hydrogens is 242 g/mol. The van der Waals surface area contributed by atoms with Gasteiger partial charge >= 0.3 is 0 Å². The van der Waals surface area contributed by atoms with E-state index in [1.54, 1.807) is 12.1 Å². The van der Waals surface area contributed by atoms with Crippen LogP contribution in [0.3, 0.4) is 0 Å². The average Bonchev–Trinajstić information content (AvgIpc) is 2.82. The first-order chi connectivity index (χ1) is 9.11. The van der Waals surface area contributed by atoms with E-state index in [9.17, 15) is 4.79 Å². The molecule has 0 fully saturated rings. The summed E-state index contributed by atoms with van der Waals surface area (Å²) in [6.07, 6.45) is 1.44. The predicted octanol–water partition coefficient (Wildman–Crippen LogP) is 1.64. The van der Waals surface area contributed by atoms with Gasteiger partial charge in [-0.15, -0.1) is 0 Å². The van der Waals surface area contributed by atoms with Gasteiger partial charge in [0.2, 0.25) is 0 Å². The molecule has 0 aliphatic carbocycles. The number of hydrogen-bond acceptors (Lipinski definition) is 3. The van der Waals surface area contributed by atoms with Gasteiger partial charge in [0.1, 0.15) is 5.69 Å². The van der Waals surface area contributed by atoms with Crippen molar-refractivity contribution in [1.29, 1.82) is 0 Å². The Hall–Kier alpha value is -2.01. The number of H-pyrrole nitrogens is 1. The van der Waals surface area contributed by atoms with Gasteiger partial charge in [-0.25, -0.2) is 0 Å². The fraction of sp³-hybridized carbons (Fsp3) is 0.357. The largest absolute Gasteiger partial charge is 0.397 e. The van der Waals surface area contributed by atoms with Crippen molar-refractivity contribution in [3.63, 3.8) is 0 Å². The third-order valence-corrected chi connectivity index (χ3v) is 3.11. The molecule has 0 bridgehead atoms. The standard InChI is InChI=1S/C14H19N3O2/c1-9(4-3-7-18)16-14(19)12-8-10-5-2-6-11(15)13(10)17-12/h2,5-6,8-9,17-18H,3-4,7,15H2,1H3,(H,16,19). The van der Waals surface area contributed by atoms with Crippen molar-refractivity contribution in [3.8, 4) is 0 Å². The van der Waals surface area contributed by atoms with Crippen molar-refractivity contribution in [2.75, 3.05) is 12.3 Å². The summed E-state index contributed by atoms with van der Waals surface area (Å²) in [7, 11) is 0. The summed E-state index contributed by atoms with van der Waals surface area (Å²) in [4.78, 5) is 15.1. The summed E-state index contributed by atoms with van der Waals surface area (Å²) in [5.74, 6) is -0.152. The molecule has 1 aromatic heterocycles.